The zero-order valence-corrected chi connectivity index (χ0v) is 15.9. The SMILES string of the molecule is COc1ccc(C(=O)C2OC2c2csc(C)n2)c(OCc2ccccc2)c1. The Labute approximate surface area is 161 Å². The summed E-state index contributed by atoms with van der Waals surface area (Å²) in [4.78, 5) is 17.4. The van der Waals surface area contributed by atoms with E-state index in [9.17, 15) is 4.79 Å². The maximum atomic E-state index is 13.0. The first kappa shape index (κ1) is 17.7. The molecule has 0 radical (unpaired) electrons. The number of benzene rings is 2. The molecular weight excluding hydrogens is 362 g/mol. The summed E-state index contributed by atoms with van der Waals surface area (Å²) in [6.45, 7) is 2.31. The number of Topliss-reactive ketones (excluding diaryl/α,β-unsaturated/α-hetero) is 1. The number of ether oxygens (including phenoxy) is 3. The predicted molar refractivity (Wildman–Crippen MR) is 103 cm³/mol. The Morgan fingerprint density at radius 1 is 1.22 bits per heavy atom. The van der Waals surface area contributed by atoms with E-state index in [2.05, 4.69) is 4.98 Å². The fourth-order valence-corrected chi connectivity index (χ4v) is 3.52. The highest BCUT2D eigenvalue weighted by Gasteiger charge is 2.48. The number of hydrogen-bond acceptors (Lipinski definition) is 6. The second kappa shape index (κ2) is 7.50. The monoisotopic (exact) mass is 381 g/mol. The minimum Gasteiger partial charge on any atom is -0.497 e. The van der Waals surface area contributed by atoms with Crippen LogP contribution in [0.25, 0.3) is 0 Å². The molecule has 5 nitrogen and oxygen atoms in total. The fraction of sp³-hybridized carbons (Fsp3) is 0.238. The van der Waals surface area contributed by atoms with Crippen LogP contribution in [0.3, 0.4) is 0 Å². The molecule has 0 saturated carbocycles. The molecule has 27 heavy (non-hydrogen) atoms. The van der Waals surface area contributed by atoms with Crippen molar-refractivity contribution in [3.05, 3.63) is 75.7 Å². The average molecular weight is 381 g/mol. The fourth-order valence-electron chi connectivity index (χ4n) is 2.89. The number of hydrogen-bond donors (Lipinski definition) is 0. The number of aromatic nitrogens is 1. The maximum absolute atomic E-state index is 13.0. The molecule has 2 atom stereocenters. The van der Waals surface area contributed by atoms with Gasteiger partial charge in [0.1, 0.15) is 24.2 Å². The van der Waals surface area contributed by atoms with Crippen molar-refractivity contribution in [1.29, 1.82) is 0 Å². The van der Waals surface area contributed by atoms with Crippen LogP contribution in [0.15, 0.2) is 53.9 Å². The van der Waals surface area contributed by atoms with Gasteiger partial charge in [0.15, 0.2) is 11.9 Å². The third-order valence-corrected chi connectivity index (χ3v) is 5.16. The first-order chi connectivity index (χ1) is 13.2. The van der Waals surface area contributed by atoms with Crippen LogP contribution in [0.4, 0.5) is 0 Å². The normalized spacial score (nSPS) is 18.1. The lowest BCUT2D eigenvalue weighted by molar-refractivity contribution is 0.0949. The van der Waals surface area contributed by atoms with E-state index in [4.69, 9.17) is 14.2 Å². The van der Waals surface area contributed by atoms with E-state index in [-0.39, 0.29) is 11.9 Å². The molecule has 1 aromatic heterocycles. The Bertz CT molecular complexity index is 954. The number of ketones is 1. The van der Waals surface area contributed by atoms with Crippen molar-refractivity contribution in [1.82, 2.24) is 4.98 Å². The molecule has 1 aliphatic heterocycles. The van der Waals surface area contributed by atoms with Crippen molar-refractivity contribution < 1.29 is 19.0 Å². The number of carbonyl (C=O) groups excluding carboxylic acids is 1. The van der Waals surface area contributed by atoms with Gasteiger partial charge in [0.05, 0.1) is 23.4 Å². The van der Waals surface area contributed by atoms with Crippen LogP contribution in [0.2, 0.25) is 0 Å². The molecule has 1 fully saturated rings. The van der Waals surface area contributed by atoms with E-state index in [1.807, 2.05) is 42.6 Å². The van der Waals surface area contributed by atoms with Crippen molar-refractivity contribution in [2.45, 2.75) is 25.7 Å². The van der Waals surface area contributed by atoms with Crippen LogP contribution in [-0.2, 0) is 11.3 Å². The van der Waals surface area contributed by atoms with Gasteiger partial charge in [0, 0.05) is 11.4 Å². The third kappa shape index (κ3) is 3.86. The summed E-state index contributed by atoms with van der Waals surface area (Å²) < 4.78 is 16.8. The van der Waals surface area contributed by atoms with Gasteiger partial charge >= 0.3 is 0 Å². The van der Waals surface area contributed by atoms with E-state index in [0.29, 0.717) is 23.7 Å². The summed E-state index contributed by atoms with van der Waals surface area (Å²) in [6.07, 6.45) is -0.787. The quantitative estimate of drug-likeness (QED) is 0.449. The van der Waals surface area contributed by atoms with Gasteiger partial charge in [0.25, 0.3) is 0 Å². The number of nitrogens with zero attached hydrogens (tertiary/aromatic N) is 1. The zero-order valence-electron chi connectivity index (χ0n) is 15.0. The van der Waals surface area contributed by atoms with Crippen LogP contribution in [0.1, 0.15) is 32.7 Å². The molecule has 1 saturated heterocycles. The Kier molecular flexibility index (Phi) is 4.92. The molecular formula is C21H19NO4S. The second-order valence-corrected chi connectivity index (χ2v) is 7.33. The smallest absolute Gasteiger partial charge is 0.198 e. The summed E-state index contributed by atoms with van der Waals surface area (Å²) >= 11 is 1.55. The summed E-state index contributed by atoms with van der Waals surface area (Å²) in [5, 5.41) is 2.90. The molecule has 6 heteroatoms. The molecule has 1 aliphatic rings. The molecule has 2 heterocycles. The second-order valence-electron chi connectivity index (χ2n) is 6.27. The molecule has 3 aromatic rings. The summed E-state index contributed by atoms with van der Waals surface area (Å²) in [5.41, 5.74) is 2.33. The van der Waals surface area contributed by atoms with Crippen molar-refractivity contribution in [2.24, 2.45) is 0 Å². The largest absolute Gasteiger partial charge is 0.497 e. The summed E-state index contributed by atoms with van der Waals surface area (Å²) in [7, 11) is 1.59. The Morgan fingerprint density at radius 3 is 2.74 bits per heavy atom. The standard InChI is InChI=1S/C21H19NO4S/c1-13-22-17(12-27-13)20-21(26-20)19(23)16-9-8-15(24-2)10-18(16)25-11-14-6-4-3-5-7-14/h3-10,12,20-21H,11H2,1-2H3. The van der Waals surface area contributed by atoms with Gasteiger partial charge in [-0.3, -0.25) is 4.79 Å². The first-order valence-corrected chi connectivity index (χ1v) is 9.50. The van der Waals surface area contributed by atoms with Crippen LogP contribution < -0.4 is 9.47 Å². The van der Waals surface area contributed by atoms with Crippen LogP contribution in [0.5, 0.6) is 11.5 Å². The van der Waals surface area contributed by atoms with Crippen molar-refractivity contribution in [2.75, 3.05) is 7.11 Å². The van der Waals surface area contributed by atoms with E-state index in [0.717, 1.165) is 16.3 Å². The zero-order chi connectivity index (χ0) is 18.8. The van der Waals surface area contributed by atoms with Gasteiger partial charge in [-0.15, -0.1) is 11.3 Å². The van der Waals surface area contributed by atoms with E-state index < -0.39 is 6.10 Å². The summed E-state index contributed by atoms with van der Waals surface area (Å²) in [6, 6.07) is 15.0. The van der Waals surface area contributed by atoms with E-state index in [1.54, 1.807) is 36.6 Å². The van der Waals surface area contributed by atoms with Crippen molar-refractivity contribution in [3.8, 4) is 11.5 Å². The minimum atomic E-state index is -0.515. The average Bonchev–Trinajstić information content (AvgIpc) is 3.39. The molecule has 0 bridgehead atoms. The molecule has 4 rings (SSSR count). The van der Waals surface area contributed by atoms with Gasteiger partial charge in [-0.25, -0.2) is 4.98 Å². The van der Waals surface area contributed by atoms with Crippen LogP contribution >= 0.6 is 11.3 Å². The number of carbonyl (C=O) groups is 1. The maximum Gasteiger partial charge on any atom is 0.198 e. The molecule has 0 spiro atoms. The van der Waals surface area contributed by atoms with Gasteiger partial charge in [-0.2, -0.15) is 0 Å². The molecule has 2 aromatic carbocycles. The molecule has 0 amide bonds. The third-order valence-electron chi connectivity index (χ3n) is 4.37. The Balaban J connectivity index is 1.54. The number of methoxy groups -OCH3 is 1. The van der Waals surface area contributed by atoms with Crippen molar-refractivity contribution >= 4 is 17.1 Å². The summed E-state index contributed by atoms with van der Waals surface area (Å²) in [5.74, 6) is 1.03. The molecule has 0 N–H and O–H groups in total. The lowest BCUT2D eigenvalue weighted by atomic mass is 10.0. The number of aryl methyl sites for hydroxylation is 1. The highest BCUT2D eigenvalue weighted by atomic mass is 32.1. The lowest BCUT2D eigenvalue weighted by Crippen LogP contribution is -2.11. The van der Waals surface area contributed by atoms with Gasteiger partial charge in [-0.1, -0.05) is 30.3 Å². The highest BCUT2D eigenvalue weighted by molar-refractivity contribution is 7.09. The number of thiazole rings is 1. The van der Waals surface area contributed by atoms with Crippen LogP contribution in [0, 0.1) is 6.92 Å². The Morgan fingerprint density at radius 2 is 2.04 bits per heavy atom. The highest BCUT2D eigenvalue weighted by Crippen LogP contribution is 2.42. The van der Waals surface area contributed by atoms with Gasteiger partial charge in [-0.05, 0) is 24.6 Å². The first-order valence-electron chi connectivity index (χ1n) is 8.62. The Hall–Kier alpha value is -2.70. The van der Waals surface area contributed by atoms with E-state index >= 15 is 0 Å². The van der Waals surface area contributed by atoms with Gasteiger partial charge < -0.3 is 14.2 Å². The number of rotatable bonds is 7. The minimum absolute atomic E-state index is 0.101. The topological polar surface area (TPSA) is 61.0 Å². The van der Waals surface area contributed by atoms with E-state index in [1.165, 1.54) is 0 Å². The molecule has 138 valence electrons. The predicted octanol–water partition coefficient (Wildman–Crippen LogP) is 4.36. The number of epoxide rings is 1. The van der Waals surface area contributed by atoms with Crippen molar-refractivity contribution in [3.63, 3.8) is 0 Å². The lowest BCUT2D eigenvalue weighted by Gasteiger charge is -2.12. The molecule has 0 aliphatic carbocycles. The van der Waals surface area contributed by atoms with Crippen LogP contribution in [-0.4, -0.2) is 24.0 Å². The van der Waals surface area contributed by atoms with Gasteiger partial charge in [0.2, 0.25) is 0 Å². The molecule has 2 unspecified atom stereocenters.